The van der Waals surface area contributed by atoms with E-state index in [1.54, 1.807) is 0 Å². The number of carbonyl (C=O) groups excluding carboxylic acids is 3. The SMILES string of the molecule is CC(=O)O[C@@H](COC=O)[C@@H](CCl)OC(C)=O. The van der Waals surface area contributed by atoms with E-state index in [1.165, 1.54) is 13.8 Å². The Morgan fingerprint density at radius 1 is 1.19 bits per heavy atom. The average Bonchev–Trinajstić information content (AvgIpc) is 2.20. The molecule has 6 nitrogen and oxygen atoms in total. The van der Waals surface area contributed by atoms with E-state index >= 15 is 0 Å². The first-order valence-electron chi connectivity index (χ1n) is 4.47. The second kappa shape index (κ2) is 7.92. The molecule has 0 aliphatic rings. The average molecular weight is 253 g/mol. The third kappa shape index (κ3) is 6.23. The Kier molecular flexibility index (Phi) is 7.28. The van der Waals surface area contributed by atoms with Crippen LogP contribution in [0.25, 0.3) is 0 Å². The van der Waals surface area contributed by atoms with Gasteiger partial charge in [0.1, 0.15) is 6.61 Å². The van der Waals surface area contributed by atoms with Crippen LogP contribution in [-0.2, 0) is 28.6 Å². The van der Waals surface area contributed by atoms with Crippen molar-refractivity contribution in [3.63, 3.8) is 0 Å². The lowest BCUT2D eigenvalue weighted by molar-refractivity contribution is -0.169. The van der Waals surface area contributed by atoms with Crippen molar-refractivity contribution in [3.05, 3.63) is 0 Å². The third-order valence-electron chi connectivity index (χ3n) is 1.53. The largest absolute Gasteiger partial charge is 0.464 e. The third-order valence-corrected chi connectivity index (χ3v) is 1.83. The van der Waals surface area contributed by atoms with E-state index in [-0.39, 0.29) is 19.0 Å². The second-order valence-electron chi connectivity index (χ2n) is 2.88. The van der Waals surface area contributed by atoms with Gasteiger partial charge in [0.25, 0.3) is 6.47 Å². The number of halogens is 1. The predicted octanol–water partition coefficient (Wildman–Crippen LogP) is 0.262. The summed E-state index contributed by atoms with van der Waals surface area (Å²) in [6.07, 6.45) is -1.74. The highest BCUT2D eigenvalue weighted by Crippen LogP contribution is 2.08. The summed E-state index contributed by atoms with van der Waals surface area (Å²) in [6, 6.07) is 0. The summed E-state index contributed by atoms with van der Waals surface area (Å²) in [4.78, 5) is 31.5. The Bertz CT molecular complexity index is 254. The number of rotatable bonds is 7. The van der Waals surface area contributed by atoms with Crippen molar-refractivity contribution in [1.29, 1.82) is 0 Å². The Hall–Kier alpha value is -1.30. The summed E-state index contributed by atoms with van der Waals surface area (Å²) in [5.41, 5.74) is 0. The lowest BCUT2D eigenvalue weighted by Crippen LogP contribution is -2.39. The summed E-state index contributed by atoms with van der Waals surface area (Å²) in [6.45, 7) is 2.38. The Labute approximate surface area is 97.8 Å². The first-order valence-corrected chi connectivity index (χ1v) is 5.00. The molecule has 0 aromatic heterocycles. The van der Waals surface area contributed by atoms with Gasteiger partial charge in [-0.2, -0.15) is 0 Å². The maximum Gasteiger partial charge on any atom is 0.303 e. The summed E-state index contributed by atoms with van der Waals surface area (Å²) >= 11 is 5.56. The number of alkyl halides is 1. The van der Waals surface area contributed by atoms with Crippen molar-refractivity contribution in [1.82, 2.24) is 0 Å². The highest BCUT2D eigenvalue weighted by atomic mass is 35.5. The summed E-state index contributed by atoms with van der Waals surface area (Å²) < 4.78 is 14.1. The highest BCUT2D eigenvalue weighted by molar-refractivity contribution is 6.18. The standard InChI is InChI=1S/C9H13ClO6/c1-6(12)15-8(3-10)9(4-14-5-11)16-7(2)13/h5,8-9H,3-4H2,1-2H3/t8-,9+/m1/s1. The highest BCUT2D eigenvalue weighted by Gasteiger charge is 2.27. The molecule has 0 heterocycles. The Balaban J connectivity index is 4.46. The van der Waals surface area contributed by atoms with E-state index in [0.717, 1.165) is 0 Å². The lowest BCUT2D eigenvalue weighted by atomic mass is 10.2. The lowest BCUT2D eigenvalue weighted by Gasteiger charge is -2.23. The maximum absolute atomic E-state index is 10.8. The molecule has 0 spiro atoms. The smallest absolute Gasteiger partial charge is 0.303 e. The van der Waals surface area contributed by atoms with Gasteiger partial charge >= 0.3 is 11.9 Å². The molecule has 0 radical (unpaired) electrons. The topological polar surface area (TPSA) is 78.9 Å². The van der Waals surface area contributed by atoms with Crippen LogP contribution >= 0.6 is 11.6 Å². The second-order valence-corrected chi connectivity index (χ2v) is 3.19. The van der Waals surface area contributed by atoms with Gasteiger partial charge in [0, 0.05) is 13.8 Å². The van der Waals surface area contributed by atoms with Crippen LogP contribution in [-0.4, -0.2) is 43.1 Å². The normalized spacial score (nSPS) is 13.4. The molecule has 0 saturated carbocycles. The quantitative estimate of drug-likeness (QED) is 0.280. The fourth-order valence-electron chi connectivity index (χ4n) is 0.984. The Morgan fingerprint density at radius 2 is 1.69 bits per heavy atom. The fourth-order valence-corrected chi connectivity index (χ4v) is 1.25. The molecule has 0 fully saturated rings. The molecule has 0 bridgehead atoms. The first kappa shape index (κ1) is 14.7. The van der Waals surface area contributed by atoms with Gasteiger partial charge in [-0.1, -0.05) is 0 Å². The number of hydrogen-bond donors (Lipinski definition) is 0. The van der Waals surface area contributed by atoms with Crippen LogP contribution in [0.2, 0.25) is 0 Å². The molecule has 16 heavy (non-hydrogen) atoms. The molecule has 0 saturated heterocycles. The van der Waals surface area contributed by atoms with Crippen molar-refractivity contribution >= 4 is 30.0 Å². The van der Waals surface area contributed by atoms with E-state index in [9.17, 15) is 14.4 Å². The van der Waals surface area contributed by atoms with Crippen molar-refractivity contribution in [3.8, 4) is 0 Å². The van der Waals surface area contributed by atoms with Crippen molar-refractivity contribution in [2.24, 2.45) is 0 Å². The molecule has 0 unspecified atom stereocenters. The van der Waals surface area contributed by atoms with Crippen LogP contribution < -0.4 is 0 Å². The van der Waals surface area contributed by atoms with Gasteiger partial charge < -0.3 is 14.2 Å². The predicted molar refractivity (Wildman–Crippen MR) is 53.8 cm³/mol. The minimum atomic E-state index is -0.899. The fraction of sp³-hybridized carbons (Fsp3) is 0.667. The number of carbonyl (C=O) groups is 3. The molecule has 0 N–H and O–H groups in total. The van der Waals surface area contributed by atoms with Crippen LogP contribution in [0, 0.1) is 0 Å². The molecule has 0 aliphatic heterocycles. The molecular weight excluding hydrogens is 240 g/mol. The van der Waals surface area contributed by atoms with Crippen LogP contribution in [0.1, 0.15) is 13.8 Å². The zero-order valence-electron chi connectivity index (χ0n) is 8.97. The van der Waals surface area contributed by atoms with Crippen molar-refractivity contribution in [2.45, 2.75) is 26.1 Å². The van der Waals surface area contributed by atoms with Crippen LogP contribution in [0.4, 0.5) is 0 Å². The van der Waals surface area contributed by atoms with Crippen LogP contribution in [0.3, 0.4) is 0 Å². The number of hydrogen-bond acceptors (Lipinski definition) is 6. The number of esters is 2. The van der Waals surface area contributed by atoms with Gasteiger partial charge in [0.15, 0.2) is 12.2 Å². The summed E-state index contributed by atoms with van der Waals surface area (Å²) in [5.74, 6) is -1.21. The molecule has 92 valence electrons. The van der Waals surface area contributed by atoms with E-state index < -0.39 is 24.1 Å². The first-order chi connectivity index (χ1) is 7.51. The summed E-state index contributed by atoms with van der Waals surface area (Å²) in [7, 11) is 0. The Morgan fingerprint density at radius 3 is 2.06 bits per heavy atom. The monoisotopic (exact) mass is 252 g/mol. The van der Waals surface area contributed by atoms with Crippen LogP contribution in [0.15, 0.2) is 0 Å². The minimum Gasteiger partial charge on any atom is -0.464 e. The molecule has 2 atom stereocenters. The molecule has 0 rings (SSSR count). The molecule has 0 aromatic rings. The molecular formula is C9H13ClO6. The van der Waals surface area contributed by atoms with Gasteiger partial charge in [0.05, 0.1) is 5.88 Å². The van der Waals surface area contributed by atoms with Gasteiger partial charge in [-0.25, -0.2) is 0 Å². The number of ether oxygens (including phenoxy) is 3. The molecule has 7 heteroatoms. The maximum atomic E-state index is 10.8. The van der Waals surface area contributed by atoms with Crippen molar-refractivity contribution in [2.75, 3.05) is 12.5 Å². The van der Waals surface area contributed by atoms with E-state index in [0.29, 0.717) is 0 Å². The van der Waals surface area contributed by atoms with Gasteiger partial charge in [0.2, 0.25) is 0 Å². The summed E-state index contributed by atoms with van der Waals surface area (Å²) in [5, 5.41) is 0. The van der Waals surface area contributed by atoms with Crippen molar-refractivity contribution < 1.29 is 28.6 Å². The zero-order valence-corrected chi connectivity index (χ0v) is 9.73. The van der Waals surface area contributed by atoms with Crippen LogP contribution in [0.5, 0.6) is 0 Å². The molecule has 0 amide bonds. The zero-order chi connectivity index (χ0) is 12.6. The minimum absolute atomic E-state index is 0.0697. The molecule has 0 aliphatic carbocycles. The van der Waals surface area contributed by atoms with E-state index in [4.69, 9.17) is 21.1 Å². The van der Waals surface area contributed by atoms with E-state index in [1.807, 2.05) is 0 Å². The van der Waals surface area contributed by atoms with Gasteiger partial charge in [-0.05, 0) is 0 Å². The van der Waals surface area contributed by atoms with Gasteiger partial charge in [-0.3, -0.25) is 14.4 Å². The molecule has 0 aromatic carbocycles. The van der Waals surface area contributed by atoms with Gasteiger partial charge in [-0.15, -0.1) is 11.6 Å². The van der Waals surface area contributed by atoms with E-state index in [2.05, 4.69) is 4.74 Å².